The van der Waals surface area contributed by atoms with E-state index in [0.717, 1.165) is 25.7 Å². The fourth-order valence-corrected chi connectivity index (χ4v) is 2.43. The highest BCUT2D eigenvalue weighted by Gasteiger charge is 2.22. The van der Waals surface area contributed by atoms with Crippen molar-refractivity contribution < 1.29 is 14.7 Å². The molecule has 102 valence electrons. The van der Waals surface area contributed by atoms with Gasteiger partial charge in [-0.3, -0.25) is 9.78 Å². The third kappa shape index (κ3) is 3.30. The van der Waals surface area contributed by atoms with Crippen LogP contribution < -0.4 is 5.32 Å². The van der Waals surface area contributed by atoms with Gasteiger partial charge in [-0.05, 0) is 37.7 Å². The molecule has 5 heteroatoms. The van der Waals surface area contributed by atoms with Gasteiger partial charge in [-0.2, -0.15) is 0 Å². The highest BCUT2D eigenvalue weighted by molar-refractivity contribution is 6.04. The van der Waals surface area contributed by atoms with E-state index in [-0.39, 0.29) is 23.1 Å². The van der Waals surface area contributed by atoms with Crippen LogP contribution in [0.25, 0.3) is 0 Å². The van der Waals surface area contributed by atoms with Gasteiger partial charge in [0.2, 0.25) is 0 Å². The fourth-order valence-electron chi connectivity index (χ4n) is 2.43. The molecule has 0 unspecified atom stereocenters. The number of carboxylic acid groups (broad SMARTS) is 1. The predicted octanol–water partition coefficient (Wildman–Crippen LogP) is 2.09. The number of carbonyl (C=O) groups is 2. The molecule has 1 saturated carbocycles. The summed E-state index contributed by atoms with van der Waals surface area (Å²) in [4.78, 5) is 26.9. The largest absolute Gasteiger partial charge is 0.478 e. The van der Waals surface area contributed by atoms with Gasteiger partial charge in [-0.15, -0.1) is 0 Å². The molecular weight excluding hydrogens is 244 g/mol. The molecular formula is C14H18N2O3. The lowest BCUT2D eigenvalue weighted by Crippen LogP contribution is -2.38. The monoisotopic (exact) mass is 262 g/mol. The first-order valence-electron chi connectivity index (χ1n) is 6.56. The normalized spacial score (nSPS) is 22.8. The average Bonchev–Trinajstić information content (AvgIpc) is 2.41. The molecule has 0 aliphatic heterocycles. The molecule has 19 heavy (non-hydrogen) atoms. The van der Waals surface area contributed by atoms with E-state index in [4.69, 9.17) is 5.11 Å². The van der Waals surface area contributed by atoms with Crippen LogP contribution in [0.4, 0.5) is 0 Å². The fraction of sp³-hybridized carbons (Fsp3) is 0.500. The number of aromatic nitrogens is 1. The maximum absolute atomic E-state index is 12.1. The molecule has 0 radical (unpaired) electrons. The number of rotatable bonds is 3. The van der Waals surface area contributed by atoms with Gasteiger partial charge in [0.05, 0.1) is 11.1 Å². The number of hydrogen-bond donors (Lipinski definition) is 2. The third-order valence-electron chi connectivity index (χ3n) is 3.65. The van der Waals surface area contributed by atoms with Gasteiger partial charge >= 0.3 is 5.97 Å². The van der Waals surface area contributed by atoms with Crippen molar-refractivity contribution in [3.8, 4) is 0 Å². The van der Waals surface area contributed by atoms with Crippen LogP contribution in [0, 0.1) is 5.92 Å². The zero-order valence-electron chi connectivity index (χ0n) is 10.9. The minimum absolute atomic E-state index is 0.0517. The zero-order valence-corrected chi connectivity index (χ0v) is 10.9. The van der Waals surface area contributed by atoms with Crippen LogP contribution in [0.15, 0.2) is 18.5 Å². The summed E-state index contributed by atoms with van der Waals surface area (Å²) in [5.41, 5.74) is 0.130. The Kier molecular flexibility index (Phi) is 4.14. The van der Waals surface area contributed by atoms with Gasteiger partial charge in [0.1, 0.15) is 0 Å². The van der Waals surface area contributed by atoms with Gasteiger partial charge < -0.3 is 10.4 Å². The van der Waals surface area contributed by atoms with E-state index in [1.165, 1.54) is 18.5 Å². The van der Waals surface area contributed by atoms with E-state index in [1.54, 1.807) is 0 Å². The van der Waals surface area contributed by atoms with E-state index >= 15 is 0 Å². The minimum atomic E-state index is -1.13. The van der Waals surface area contributed by atoms with Crippen molar-refractivity contribution in [3.05, 3.63) is 29.6 Å². The molecule has 0 bridgehead atoms. The topological polar surface area (TPSA) is 79.3 Å². The highest BCUT2D eigenvalue weighted by atomic mass is 16.4. The van der Waals surface area contributed by atoms with E-state index < -0.39 is 5.97 Å². The Morgan fingerprint density at radius 1 is 1.26 bits per heavy atom. The summed E-state index contributed by atoms with van der Waals surface area (Å²) in [7, 11) is 0. The Labute approximate surface area is 112 Å². The molecule has 0 spiro atoms. The minimum Gasteiger partial charge on any atom is -0.478 e. The Bertz CT molecular complexity index is 479. The SMILES string of the molecule is CC1CCC(NC(=O)c2ccncc2C(=O)O)CC1. The van der Waals surface area contributed by atoms with E-state index in [2.05, 4.69) is 17.2 Å². The number of carboxylic acids is 1. The van der Waals surface area contributed by atoms with E-state index in [9.17, 15) is 9.59 Å². The molecule has 2 rings (SSSR count). The maximum atomic E-state index is 12.1. The third-order valence-corrected chi connectivity index (χ3v) is 3.65. The summed E-state index contributed by atoms with van der Waals surface area (Å²) in [6.07, 6.45) is 6.77. The van der Waals surface area contributed by atoms with Gasteiger partial charge in [-0.1, -0.05) is 6.92 Å². The second-order valence-corrected chi connectivity index (χ2v) is 5.16. The van der Waals surface area contributed by atoms with Crippen molar-refractivity contribution in [2.45, 2.75) is 38.6 Å². The first-order valence-corrected chi connectivity index (χ1v) is 6.56. The maximum Gasteiger partial charge on any atom is 0.338 e. The quantitative estimate of drug-likeness (QED) is 0.874. The van der Waals surface area contributed by atoms with Gasteiger partial charge in [0, 0.05) is 18.4 Å². The van der Waals surface area contributed by atoms with Crippen molar-refractivity contribution in [1.82, 2.24) is 10.3 Å². The second-order valence-electron chi connectivity index (χ2n) is 5.16. The number of amides is 1. The van der Waals surface area contributed by atoms with Gasteiger partial charge in [0.25, 0.3) is 5.91 Å². The van der Waals surface area contributed by atoms with Crippen molar-refractivity contribution in [2.75, 3.05) is 0 Å². The summed E-state index contributed by atoms with van der Waals surface area (Å²) in [6.45, 7) is 2.21. The number of nitrogens with zero attached hydrogens (tertiary/aromatic N) is 1. The lowest BCUT2D eigenvalue weighted by Gasteiger charge is -2.27. The number of aromatic carboxylic acids is 1. The second kappa shape index (κ2) is 5.82. The van der Waals surface area contributed by atoms with Crippen LogP contribution in [0.2, 0.25) is 0 Å². The molecule has 1 aliphatic rings. The number of nitrogens with one attached hydrogen (secondary N) is 1. The molecule has 5 nitrogen and oxygen atoms in total. The Hall–Kier alpha value is -1.91. The molecule has 0 atom stereocenters. The molecule has 1 aromatic rings. The van der Waals surface area contributed by atoms with Crippen LogP contribution in [0.3, 0.4) is 0 Å². The molecule has 0 aromatic carbocycles. The molecule has 0 saturated heterocycles. The first-order chi connectivity index (χ1) is 9.08. The Balaban J connectivity index is 2.06. The summed E-state index contributed by atoms with van der Waals surface area (Å²) in [5.74, 6) is -0.737. The predicted molar refractivity (Wildman–Crippen MR) is 70.1 cm³/mol. The molecule has 1 fully saturated rings. The van der Waals surface area contributed by atoms with Crippen molar-refractivity contribution in [1.29, 1.82) is 0 Å². The number of carbonyl (C=O) groups excluding carboxylic acids is 1. The summed E-state index contributed by atoms with van der Waals surface area (Å²) < 4.78 is 0. The van der Waals surface area contributed by atoms with Crippen LogP contribution in [0.5, 0.6) is 0 Å². The number of hydrogen-bond acceptors (Lipinski definition) is 3. The molecule has 1 amide bonds. The van der Waals surface area contributed by atoms with Crippen molar-refractivity contribution in [3.63, 3.8) is 0 Å². The summed E-state index contributed by atoms with van der Waals surface area (Å²) >= 11 is 0. The summed E-state index contributed by atoms with van der Waals surface area (Å²) in [5, 5.41) is 12.0. The lowest BCUT2D eigenvalue weighted by atomic mass is 9.87. The Morgan fingerprint density at radius 3 is 2.58 bits per heavy atom. The van der Waals surface area contributed by atoms with Gasteiger partial charge in [-0.25, -0.2) is 4.79 Å². The van der Waals surface area contributed by atoms with Crippen LogP contribution in [-0.4, -0.2) is 28.0 Å². The Morgan fingerprint density at radius 2 is 1.95 bits per heavy atom. The van der Waals surface area contributed by atoms with Crippen LogP contribution in [-0.2, 0) is 0 Å². The van der Waals surface area contributed by atoms with Gasteiger partial charge in [0.15, 0.2) is 0 Å². The van der Waals surface area contributed by atoms with Crippen LogP contribution >= 0.6 is 0 Å². The lowest BCUT2D eigenvalue weighted by molar-refractivity contribution is 0.0689. The van der Waals surface area contributed by atoms with E-state index in [0.29, 0.717) is 5.92 Å². The summed E-state index contributed by atoms with van der Waals surface area (Å²) in [6, 6.07) is 1.60. The van der Waals surface area contributed by atoms with Crippen LogP contribution in [0.1, 0.15) is 53.3 Å². The molecule has 2 N–H and O–H groups in total. The van der Waals surface area contributed by atoms with E-state index in [1.807, 2.05) is 0 Å². The molecule has 1 aromatic heterocycles. The van der Waals surface area contributed by atoms with Crippen molar-refractivity contribution in [2.24, 2.45) is 5.92 Å². The molecule has 1 heterocycles. The van der Waals surface area contributed by atoms with Crippen molar-refractivity contribution >= 4 is 11.9 Å². The molecule has 1 aliphatic carbocycles. The first kappa shape index (κ1) is 13.5. The number of pyridine rings is 1. The highest BCUT2D eigenvalue weighted by Crippen LogP contribution is 2.23. The standard InChI is InChI=1S/C14H18N2O3/c1-9-2-4-10(5-3-9)16-13(17)11-6-7-15-8-12(11)14(18)19/h6-10H,2-5H2,1H3,(H,16,17)(H,18,19). The average molecular weight is 262 g/mol. The smallest absolute Gasteiger partial charge is 0.338 e. The zero-order chi connectivity index (χ0) is 13.8.